The molecule has 0 fully saturated rings. The maximum absolute atomic E-state index is 13.7. The van der Waals surface area contributed by atoms with E-state index in [4.69, 9.17) is 4.42 Å². The third-order valence-electron chi connectivity index (χ3n) is 3.92. The fourth-order valence-corrected chi connectivity index (χ4v) is 2.77. The van der Waals surface area contributed by atoms with Gasteiger partial charge in [0.15, 0.2) is 11.6 Å². The van der Waals surface area contributed by atoms with Gasteiger partial charge >= 0.3 is 0 Å². The predicted octanol–water partition coefficient (Wildman–Crippen LogP) is 4.93. The lowest BCUT2D eigenvalue weighted by Gasteiger charge is -2.08. The summed E-state index contributed by atoms with van der Waals surface area (Å²) >= 11 is 0. The molecule has 0 aliphatic carbocycles. The zero-order valence-electron chi connectivity index (χ0n) is 13.0. The molecular formula is C19H14F2N2O. The largest absolute Gasteiger partial charge is 0.458 e. The first-order chi connectivity index (χ1) is 11.6. The molecule has 0 amide bonds. The summed E-state index contributed by atoms with van der Waals surface area (Å²) in [4.78, 5) is 4.58. The summed E-state index contributed by atoms with van der Waals surface area (Å²) in [6.07, 6.45) is 0. The summed E-state index contributed by atoms with van der Waals surface area (Å²) in [5.41, 5.74) is 2.25. The highest BCUT2D eigenvalue weighted by Gasteiger charge is 2.16. The van der Waals surface area contributed by atoms with Crippen molar-refractivity contribution in [2.45, 2.75) is 13.5 Å². The first-order valence-electron chi connectivity index (χ1n) is 7.57. The number of halogens is 2. The van der Waals surface area contributed by atoms with Crippen LogP contribution in [0, 0.1) is 18.6 Å². The molecule has 0 bridgehead atoms. The van der Waals surface area contributed by atoms with Gasteiger partial charge in [0.1, 0.15) is 17.4 Å². The van der Waals surface area contributed by atoms with Crippen LogP contribution in [0.3, 0.4) is 0 Å². The van der Waals surface area contributed by atoms with Crippen molar-refractivity contribution in [2.24, 2.45) is 0 Å². The lowest BCUT2D eigenvalue weighted by atomic mass is 10.2. The third-order valence-corrected chi connectivity index (χ3v) is 3.92. The van der Waals surface area contributed by atoms with Crippen LogP contribution in [0.1, 0.15) is 11.3 Å². The Morgan fingerprint density at radius 3 is 2.42 bits per heavy atom. The number of hydrogen-bond acceptors (Lipinski definition) is 2. The van der Waals surface area contributed by atoms with Gasteiger partial charge in [-0.3, -0.25) is 0 Å². The molecule has 2 heterocycles. The number of benzene rings is 2. The molecule has 4 rings (SSSR count). The lowest BCUT2D eigenvalue weighted by molar-refractivity contribution is 0.540. The van der Waals surface area contributed by atoms with Gasteiger partial charge < -0.3 is 8.98 Å². The van der Waals surface area contributed by atoms with Crippen molar-refractivity contribution in [1.82, 2.24) is 9.55 Å². The molecule has 0 spiro atoms. The second kappa shape index (κ2) is 5.60. The van der Waals surface area contributed by atoms with Crippen molar-refractivity contribution < 1.29 is 13.2 Å². The maximum Gasteiger partial charge on any atom is 0.177 e. The smallest absolute Gasteiger partial charge is 0.177 e. The Hall–Kier alpha value is -2.95. The van der Waals surface area contributed by atoms with Gasteiger partial charge in [0, 0.05) is 6.54 Å². The zero-order chi connectivity index (χ0) is 16.7. The van der Waals surface area contributed by atoms with Crippen molar-refractivity contribution in [3.8, 4) is 11.6 Å². The first-order valence-corrected chi connectivity index (χ1v) is 7.57. The number of nitrogens with zero attached hydrogens (tertiary/aromatic N) is 2. The van der Waals surface area contributed by atoms with Gasteiger partial charge in [0.25, 0.3) is 0 Å². The Morgan fingerprint density at radius 1 is 0.958 bits per heavy atom. The van der Waals surface area contributed by atoms with Gasteiger partial charge in [0.2, 0.25) is 0 Å². The van der Waals surface area contributed by atoms with Crippen molar-refractivity contribution in [2.75, 3.05) is 0 Å². The Morgan fingerprint density at radius 2 is 1.71 bits per heavy atom. The van der Waals surface area contributed by atoms with Gasteiger partial charge in [-0.05, 0) is 55.0 Å². The van der Waals surface area contributed by atoms with E-state index in [1.54, 1.807) is 18.2 Å². The number of aromatic nitrogens is 2. The minimum atomic E-state index is -0.329. The topological polar surface area (TPSA) is 31.0 Å². The molecule has 24 heavy (non-hydrogen) atoms. The van der Waals surface area contributed by atoms with Gasteiger partial charge in [-0.2, -0.15) is 0 Å². The summed E-state index contributed by atoms with van der Waals surface area (Å²) in [5.74, 6) is 1.39. The number of rotatable bonds is 3. The Balaban J connectivity index is 1.89. The highest BCUT2D eigenvalue weighted by molar-refractivity contribution is 5.80. The second-order valence-electron chi connectivity index (χ2n) is 5.69. The van der Waals surface area contributed by atoms with Crippen LogP contribution < -0.4 is 0 Å². The van der Waals surface area contributed by atoms with Crippen LogP contribution >= 0.6 is 0 Å². The number of fused-ring (bicyclic) bond motifs is 1. The van der Waals surface area contributed by atoms with E-state index in [1.165, 1.54) is 24.3 Å². The van der Waals surface area contributed by atoms with Crippen molar-refractivity contribution in [1.29, 1.82) is 0 Å². The van der Waals surface area contributed by atoms with Crippen LogP contribution in [0.5, 0.6) is 0 Å². The first kappa shape index (κ1) is 14.6. The molecule has 0 aliphatic heterocycles. The molecule has 0 aliphatic rings. The number of furan rings is 1. The fraction of sp³-hybridized carbons (Fsp3) is 0.105. The van der Waals surface area contributed by atoms with E-state index in [-0.39, 0.29) is 11.6 Å². The molecule has 0 saturated heterocycles. The summed E-state index contributed by atoms with van der Waals surface area (Å²) in [6, 6.07) is 14.4. The molecule has 0 radical (unpaired) electrons. The van der Waals surface area contributed by atoms with Gasteiger partial charge in [-0.15, -0.1) is 0 Å². The number of aryl methyl sites for hydroxylation is 1. The molecule has 0 unspecified atom stereocenters. The molecule has 0 atom stereocenters. The average Bonchev–Trinajstić information content (AvgIpc) is 3.14. The Kier molecular flexibility index (Phi) is 3.41. The second-order valence-corrected chi connectivity index (χ2v) is 5.69. The molecule has 4 aromatic rings. The van der Waals surface area contributed by atoms with Crippen LogP contribution in [0.2, 0.25) is 0 Å². The molecule has 2 aromatic heterocycles. The zero-order valence-corrected chi connectivity index (χ0v) is 13.0. The number of hydrogen-bond donors (Lipinski definition) is 0. The van der Waals surface area contributed by atoms with Crippen molar-refractivity contribution >= 4 is 11.0 Å². The maximum atomic E-state index is 13.7. The summed E-state index contributed by atoms with van der Waals surface area (Å²) < 4.78 is 34.4. The third kappa shape index (κ3) is 2.58. The van der Waals surface area contributed by atoms with Crippen molar-refractivity contribution in [3.05, 3.63) is 77.6 Å². The minimum Gasteiger partial charge on any atom is -0.458 e. The monoisotopic (exact) mass is 324 g/mol. The van der Waals surface area contributed by atoms with Crippen LogP contribution in [0.4, 0.5) is 8.78 Å². The highest BCUT2D eigenvalue weighted by Crippen LogP contribution is 2.28. The van der Waals surface area contributed by atoms with E-state index in [0.29, 0.717) is 29.2 Å². The quantitative estimate of drug-likeness (QED) is 0.535. The summed E-state index contributed by atoms with van der Waals surface area (Å²) in [6.45, 7) is 2.30. The molecule has 3 nitrogen and oxygen atoms in total. The molecule has 2 aromatic carbocycles. The van der Waals surface area contributed by atoms with E-state index in [1.807, 2.05) is 23.6 Å². The predicted molar refractivity (Wildman–Crippen MR) is 87.6 cm³/mol. The minimum absolute atomic E-state index is 0.290. The molecule has 0 saturated carbocycles. The standard InChI is InChI=1S/C19H14F2N2O/c1-12-2-9-18(24-12)19-22-16-8-7-15(21)10-17(16)23(19)11-13-3-5-14(20)6-4-13/h2-10H,11H2,1H3. The summed E-state index contributed by atoms with van der Waals surface area (Å²) in [5, 5.41) is 0. The van der Waals surface area contributed by atoms with E-state index in [2.05, 4.69) is 4.98 Å². The Labute approximate surface area is 137 Å². The van der Waals surface area contributed by atoms with Gasteiger partial charge in [-0.25, -0.2) is 13.8 Å². The fourth-order valence-electron chi connectivity index (χ4n) is 2.77. The number of imidazole rings is 1. The van der Waals surface area contributed by atoms with Crippen molar-refractivity contribution in [3.63, 3.8) is 0 Å². The van der Waals surface area contributed by atoms with E-state index < -0.39 is 0 Å². The van der Waals surface area contributed by atoms with Crippen LogP contribution in [0.25, 0.3) is 22.6 Å². The highest BCUT2D eigenvalue weighted by atomic mass is 19.1. The molecule has 120 valence electrons. The van der Waals surface area contributed by atoms with Gasteiger partial charge in [-0.1, -0.05) is 12.1 Å². The van der Waals surface area contributed by atoms with Crippen LogP contribution in [-0.4, -0.2) is 9.55 Å². The molecule has 0 N–H and O–H groups in total. The van der Waals surface area contributed by atoms with Crippen LogP contribution in [0.15, 0.2) is 59.0 Å². The van der Waals surface area contributed by atoms with E-state index >= 15 is 0 Å². The van der Waals surface area contributed by atoms with Crippen LogP contribution in [-0.2, 0) is 6.54 Å². The normalized spacial score (nSPS) is 11.3. The van der Waals surface area contributed by atoms with Gasteiger partial charge in [0.05, 0.1) is 11.0 Å². The summed E-state index contributed by atoms with van der Waals surface area (Å²) in [7, 11) is 0. The Bertz CT molecular complexity index is 1020. The molecule has 5 heteroatoms. The SMILES string of the molecule is Cc1ccc(-c2nc3ccc(F)cc3n2Cc2ccc(F)cc2)o1. The lowest BCUT2D eigenvalue weighted by Crippen LogP contribution is -2.02. The molecular weight excluding hydrogens is 310 g/mol. The average molecular weight is 324 g/mol. The van der Waals surface area contributed by atoms with E-state index in [9.17, 15) is 8.78 Å². The van der Waals surface area contributed by atoms with E-state index in [0.717, 1.165) is 11.3 Å².